The van der Waals surface area contributed by atoms with Crippen molar-refractivity contribution < 1.29 is 14.7 Å². The van der Waals surface area contributed by atoms with Crippen LogP contribution in [0.1, 0.15) is 33.6 Å². The minimum absolute atomic E-state index is 0.127. The quantitative estimate of drug-likeness (QED) is 0.775. The maximum atomic E-state index is 12.7. The van der Waals surface area contributed by atoms with Gasteiger partial charge >= 0.3 is 6.03 Å². The molecule has 3 N–H and O–H groups in total. The van der Waals surface area contributed by atoms with E-state index in [9.17, 15) is 14.7 Å². The van der Waals surface area contributed by atoms with E-state index in [0.717, 1.165) is 25.9 Å². The number of nitrogens with zero attached hydrogens (tertiary/aromatic N) is 3. The number of carbonyl (C=O) groups excluding carboxylic acids is 2. The van der Waals surface area contributed by atoms with Crippen LogP contribution in [0.2, 0.25) is 0 Å². The Balaban J connectivity index is 1.81. The summed E-state index contributed by atoms with van der Waals surface area (Å²) in [5.74, 6) is 0.00920. The lowest BCUT2D eigenvalue weighted by Gasteiger charge is -2.40. The summed E-state index contributed by atoms with van der Waals surface area (Å²) in [4.78, 5) is 29.7. The number of piperidine rings is 1. The molecule has 0 aromatic heterocycles. The number of hydrogen-bond donors (Lipinski definition) is 2. The number of piperazine rings is 1. The predicted octanol–water partition coefficient (Wildman–Crippen LogP) is 0.328. The van der Waals surface area contributed by atoms with Crippen molar-refractivity contribution in [2.45, 2.75) is 39.7 Å². The molecule has 0 aromatic carbocycles. The van der Waals surface area contributed by atoms with Crippen molar-refractivity contribution in [3.63, 3.8) is 0 Å². The van der Waals surface area contributed by atoms with Crippen LogP contribution in [-0.2, 0) is 4.79 Å². The fourth-order valence-electron chi connectivity index (χ4n) is 3.31. The van der Waals surface area contributed by atoms with Crippen LogP contribution in [0.15, 0.2) is 0 Å². The molecule has 0 aromatic rings. The molecule has 7 nitrogen and oxygen atoms in total. The van der Waals surface area contributed by atoms with Gasteiger partial charge in [-0.3, -0.25) is 9.69 Å². The van der Waals surface area contributed by atoms with Crippen molar-refractivity contribution in [3.05, 3.63) is 0 Å². The SMILES string of the molecule is CC(C)(C)C(O)CN1CCN(C(=O)C2CCCN(C(N)=O)C2)CC1. The topological polar surface area (TPSA) is 90.1 Å². The zero-order valence-electron chi connectivity index (χ0n) is 15.2. The fourth-order valence-corrected chi connectivity index (χ4v) is 3.31. The van der Waals surface area contributed by atoms with Crippen molar-refractivity contribution in [2.24, 2.45) is 17.1 Å². The number of aliphatic hydroxyl groups excluding tert-OH is 1. The van der Waals surface area contributed by atoms with Gasteiger partial charge in [-0.25, -0.2) is 4.79 Å². The Bertz CT molecular complexity index is 455. The Morgan fingerprint density at radius 1 is 1.12 bits per heavy atom. The summed E-state index contributed by atoms with van der Waals surface area (Å²) in [6, 6.07) is -0.437. The highest BCUT2D eigenvalue weighted by molar-refractivity contribution is 5.80. The highest BCUT2D eigenvalue weighted by Crippen LogP contribution is 2.22. The molecule has 2 unspecified atom stereocenters. The van der Waals surface area contributed by atoms with E-state index in [1.54, 1.807) is 4.90 Å². The number of urea groups is 1. The number of aliphatic hydroxyl groups is 1. The van der Waals surface area contributed by atoms with Crippen molar-refractivity contribution in [2.75, 3.05) is 45.8 Å². The molecule has 3 amide bonds. The van der Waals surface area contributed by atoms with Crippen molar-refractivity contribution >= 4 is 11.9 Å². The molecule has 2 atom stereocenters. The van der Waals surface area contributed by atoms with Gasteiger partial charge in [-0.15, -0.1) is 0 Å². The molecule has 0 radical (unpaired) electrons. The van der Waals surface area contributed by atoms with Crippen LogP contribution < -0.4 is 5.73 Å². The highest BCUT2D eigenvalue weighted by Gasteiger charge is 2.33. The maximum Gasteiger partial charge on any atom is 0.314 e. The van der Waals surface area contributed by atoms with E-state index in [-0.39, 0.29) is 23.3 Å². The molecular formula is C17H32N4O3. The predicted molar refractivity (Wildman–Crippen MR) is 92.4 cm³/mol. The zero-order valence-corrected chi connectivity index (χ0v) is 15.2. The molecule has 138 valence electrons. The molecular weight excluding hydrogens is 308 g/mol. The summed E-state index contributed by atoms with van der Waals surface area (Å²) in [6.45, 7) is 10.8. The smallest absolute Gasteiger partial charge is 0.314 e. The number of rotatable bonds is 3. The van der Waals surface area contributed by atoms with E-state index in [1.807, 2.05) is 25.7 Å². The minimum Gasteiger partial charge on any atom is -0.391 e. The molecule has 0 saturated carbocycles. The van der Waals surface area contributed by atoms with Crippen LogP contribution in [0.4, 0.5) is 4.79 Å². The minimum atomic E-state index is -0.437. The fraction of sp³-hybridized carbons (Fsp3) is 0.882. The van der Waals surface area contributed by atoms with Crippen LogP contribution in [0, 0.1) is 11.3 Å². The zero-order chi connectivity index (χ0) is 17.9. The lowest BCUT2D eigenvalue weighted by molar-refractivity contribution is -0.139. The molecule has 7 heteroatoms. The van der Waals surface area contributed by atoms with Crippen LogP contribution in [0.5, 0.6) is 0 Å². The van der Waals surface area contributed by atoms with Crippen LogP contribution in [0.25, 0.3) is 0 Å². The van der Waals surface area contributed by atoms with Gasteiger partial charge < -0.3 is 20.6 Å². The molecule has 2 aliphatic heterocycles. The van der Waals surface area contributed by atoms with Crippen molar-refractivity contribution in [1.29, 1.82) is 0 Å². The third-order valence-corrected chi connectivity index (χ3v) is 5.20. The van der Waals surface area contributed by atoms with E-state index < -0.39 is 6.03 Å². The van der Waals surface area contributed by atoms with Crippen molar-refractivity contribution in [1.82, 2.24) is 14.7 Å². The second-order valence-corrected chi connectivity index (χ2v) is 8.13. The van der Waals surface area contributed by atoms with Crippen LogP contribution in [0.3, 0.4) is 0 Å². The summed E-state index contributed by atoms with van der Waals surface area (Å²) in [5.41, 5.74) is 5.21. The summed E-state index contributed by atoms with van der Waals surface area (Å²) in [5, 5.41) is 10.2. The third kappa shape index (κ3) is 4.83. The van der Waals surface area contributed by atoms with Gasteiger partial charge in [0.15, 0.2) is 0 Å². The number of hydrogen-bond acceptors (Lipinski definition) is 4. The Kier molecular flexibility index (Phi) is 6.09. The second-order valence-electron chi connectivity index (χ2n) is 8.13. The normalized spacial score (nSPS) is 24.8. The average molecular weight is 340 g/mol. The first-order valence-electron chi connectivity index (χ1n) is 8.92. The molecule has 24 heavy (non-hydrogen) atoms. The number of likely N-dealkylation sites (tertiary alicyclic amines) is 1. The van der Waals surface area contributed by atoms with Crippen molar-refractivity contribution in [3.8, 4) is 0 Å². The number of nitrogens with two attached hydrogens (primary N) is 1. The van der Waals surface area contributed by atoms with Gasteiger partial charge in [-0.1, -0.05) is 20.8 Å². The molecule has 2 heterocycles. The van der Waals surface area contributed by atoms with Gasteiger partial charge in [0.2, 0.25) is 5.91 Å². The largest absolute Gasteiger partial charge is 0.391 e. The number of amides is 3. The molecule has 2 fully saturated rings. The first-order chi connectivity index (χ1) is 11.2. The van der Waals surface area contributed by atoms with Gasteiger partial charge in [0, 0.05) is 45.8 Å². The summed E-state index contributed by atoms with van der Waals surface area (Å²) < 4.78 is 0. The van der Waals surface area contributed by atoms with Gasteiger partial charge in [0.25, 0.3) is 0 Å². The van der Waals surface area contributed by atoms with E-state index >= 15 is 0 Å². The molecule has 2 saturated heterocycles. The van der Waals surface area contributed by atoms with Crippen LogP contribution in [-0.4, -0.2) is 83.7 Å². The summed E-state index contributed by atoms with van der Waals surface area (Å²) in [7, 11) is 0. The standard InChI is InChI=1S/C17H32N4O3/c1-17(2,3)14(22)12-19-7-9-20(10-8-19)15(23)13-5-4-6-21(11-13)16(18)24/h13-14,22H,4-12H2,1-3H3,(H2,18,24). The van der Waals surface area contributed by atoms with E-state index in [1.165, 1.54) is 0 Å². The lowest BCUT2D eigenvalue weighted by atomic mass is 9.89. The molecule has 2 aliphatic rings. The van der Waals surface area contributed by atoms with E-state index in [4.69, 9.17) is 5.73 Å². The maximum absolute atomic E-state index is 12.7. The number of carbonyl (C=O) groups is 2. The van der Waals surface area contributed by atoms with Gasteiger partial charge in [-0.2, -0.15) is 0 Å². The molecule has 0 bridgehead atoms. The Morgan fingerprint density at radius 3 is 2.29 bits per heavy atom. The molecule has 0 spiro atoms. The summed E-state index contributed by atoms with van der Waals surface area (Å²) >= 11 is 0. The summed E-state index contributed by atoms with van der Waals surface area (Å²) in [6.07, 6.45) is 1.28. The molecule has 2 rings (SSSR count). The van der Waals surface area contributed by atoms with Gasteiger partial charge in [-0.05, 0) is 18.3 Å². The Labute approximate surface area is 144 Å². The average Bonchev–Trinajstić information content (AvgIpc) is 2.54. The number of primary amides is 1. The first kappa shape index (κ1) is 19.0. The lowest BCUT2D eigenvalue weighted by Crippen LogP contribution is -2.54. The first-order valence-corrected chi connectivity index (χ1v) is 8.92. The monoisotopic (exact) mass is 340 g/mol. The van der Waals surface area contributed by atoms with E-state index in [0.29, 0.717) is 32.7 Å². The van der Waals surface area contributed by atoms with Gasteiger partial charge in [0.05, 0.1) is 12.0 Å². The molecule has 0 aliphatic carbocycles. The van der Waals surface area contributed by atoms with Crippen LogP contribution >= 0.6 is 0 Å². The third-order valence-electron chi connectivity index (χ3n) is 5.20. The highest BCUT2D eigenvalue weighted by atomic mass is 16.3. The van der Waals surface area contributed by atoms with E-state index in [2.05, 4.69) is 4.90 Å². The number of β-amino-alcohol motifs (C(OH)–C–C–N with tert-alkyl or cyclic N) is 1. The Morgan fingerprint density at radius 2 is 1.75 bits per heavy atom. The Hall–Kier alpha value is -1.34. The van der Waals surface area contributed by atoms with Gasteiger partial charge in [0.1, 0.15) is 0 Å². The second kappa shape index (κ2) is 7.70.